The molecule has 0 radical (unpaired) electrons. The molecule has 0 aliphatic heterocycles. The van der Waals surface area contributed by atoms with Gasteiger partial charge in [0.1, 0.15) is 0 Å². The van der Waals surface area contributed by atoms with Crippen LogP contribution in [-0.4, -0.2) is 25.2 Å². The number of ether oxygens (including phenoxy) is 2. The van der Waals surface area contributed by atoms with Crippen LogP contribution in [0, 0.1) is 5.41 Å². The van der Waals surface area contributed by atoms with E-state index in [1.165, 1.54) is 0 Å². The van der Waals surface area contributed by atoms with E-state index in [0.717, 1.165) is 31.3 Å². The largest absolute Gasteiger partial charge is 0.465 e. The SMILES string of the molecule is C=CCC(C(=O)OCC)(C(=O)OCC)C1=CCCCC1. The van der Waals surface area contributed by atoms with Gasteiger partial charge in [-0.2, -0.15) is 0 Å². The first-order valence-electron chi connectivity index (χ1n) is 7.28. The predicted molar refractivity (Wildman–Crippen MR) is 77.1 cm³/mol. The molecule has 112 valence electrons. The fraction of sp³-hybridized carbons (Fsp3) is 0.625. The van der Waals surface area contributed by atoms with Crippen molar-refractivity contribution < 1.29 is 19.1 Å². The van der Waals surface area contributed by atoms with Crippen molar-refractivity contribution in [3.8, 4) is 0 Å². The Hall–Kier alpha value is -1.58. The molecule has 0 aromatic heterocycles. The summed E-state index contributed by atoms with van der Waals surface area (Å²) in [6.45, 7) is 7.63. The molecule has 0 aromatic carbocycles. The van der Waals surface area contributed by atoms with Crippen molar-refractivity contribution in [2.75, 3.05) is 13.2 Å². The molecule has 0 saturated heterocycles. The lowest BCUT2D eigenvalue weighted by atomic mass is 9.73. The van der Waals surface area contributed by atoms with Crippen LogP contribution in [0.15, 0.2) is 24.3 Å². The summed E-state index contributed by atoms with van der Waals surface area (Å²) < 4.78 is 10.3. The number of hydrogen-bond donors (Lipinski definition) is 0. The van der Waals surface area contributed by atoms with Gasteiger partial charge in [-0.25, -0.2) is 0 Å². The summed E-state index contributed by atoms with van der Waals surface area (Å²) in [5, 5.41) is 0. The molecule has 20 heavy (non-hydrogen) atoms. The Balaban J connectivity index is 3.24. The average Bonchev–Trinajstić information content (AvgIpc) is 2.46. The first-order chi connectivity index (χ1) is 9.63. The van der Waals surface area contributed by atoms with Crippen LogP contribution in [0.3, 0.4) is 0 Å². The molecular weight excluding hydrogens is 256 g/mol. The number of allylic oxidation sites excluding steroid dienone is 2. The van der Waals surface area contributed by atoms with E-state index >= 15 is 0 Å². The summed E-state index contributed by atoms with van der Waals surface area (Å²) in [5.74, 6) is -1.04. The second-order valence-corrected chi connectivity index (χ2v) is 4.81. The van der Waals surface area contributed by atoms with E-state index < -0.39 is 17.4 Å². The lowest BCUT2D eigenvalue weighted by Gasteiger charge is -2.32. The smallest absolute Gasteiger partial charge is 0.328 e. The molecule has 1 rings (SSSR count). The maximum atomic E-state index is 12.5. The van der Waals surface area contributed by atoms with Crippen molar-refractivity contribution in [2.24, 2.45) is 5.41 Å². The molecule has 4 heteroatoms. The molecule has 0 bridgehead atoms. The van der Waals surface area contributed by atoms with Crippen LogP contribution < -0.4 is 0 Å². The van der Waals surface area contributed by atoms with Crippen molar-refractivity contribution in [1.82, 2.24) is 0 Å². The third-order valence-corrected chi connectivity index (χ3v) is 3.54. The Morgan fingerprint density at radius 1 is 1.25 bits per heavy atom. The van der Waals surface area contributed by atoms with Gasteiger partial charge in [-0.1, -0.05) is 12.2 Å². The van der Waals surface area contributed by atoms with Crippen molar-refractivity contribution in [2.45, 2.75) is 46.0 Å². The highest BCUT2D eigenvalue weighted by molar-refractivity contribution is 6.03. The lowest BCUT2D eigenvalue weighted by molar-refractivity contribution is -0.168. The Morgan fingerprint density at radius 2 is 1.85 bits per heavy atom. The molecule has 0 N–H and O–H groups in total. The van der Waals surface area contributed by atoms with E-state index in [1.54, 1.807) is 19.9 Å². The Kier molecular flexibility index (Phi) is 6.49. The maximum absolute atomic E-state index is 12.5. The van der Waals surface area contributed by atoms with Crippen LogP contribution in [-0.2, 0) is 19.1 Å². The minimum Gasteiger partial charge on any atom is -0.465 e. The summed E-state index contributed by atoms with van der Waals surface area (Å²) in [4.78, 5) is 24.9. The topological polar surface area (TPSA) is 52.6 Å². The zero-order valence-electron chi connectivity index (χ0n) is 12.4. The molecule has 0 amide bonds. The van der Waals surface area contributed by atoms with E-state index in [0.29, 0.717) is 0 Å². The van der Waals surface area contributed by atoms with Gasteiger partial charge in [0, 0.05) is 0 Å². The quantitative estimate of drug-likeness (QED) is 0.408. The van der Waals surface area contributed by atoms with Gasteiger partial charge in [0.2, 0.25) is 0 Å². The summed E-state index contributed by atoms with van der Waals surface area (Å²) in [6.07, 6.45) is 7.46. The molecular formula is C16H24O4. The van der Waals surface area contributed by atoms with Gasteiger partial charge >= 0.3 is 11.9 Å². The number of esters is 2. The van der Waals surface area contributed by atoms with Crippen LogP contribution in [0.5, 0.6) is 0 Å². The van der Waals surface area contributed by atoms with E-state index in [2.05, 4.69) is 6.58 Å². The highest BCUT2D eigenvalue weighted by atomic mass is 16.6. The molecule has 1 aliphatic rings. The van der Waals surface area contributed by atoms with Crippen molar-refractivity contribution in [3.05, 3.63) is 24.3 Å². The van der Waals surface area contributed by atoms with Crippen molar-refractivity contribution in [3.63, 3.8) is 0 Å². The predicted octanol–water partition coefficient (Wildman–Crippen LogP) is 3.18. The van der Waals surface area contributed by atoms with Gasteiger partial charge in [0.15, 0.2) is 5.41 Å². The standard InChI is InChI=1S/C16H24O4/c1-4-12-16(14(17)19-5-2,15(18)20-6-3)13-10-8-7-9-11-13/h4,10H,1,5-9,11-12H2,2-3H3. The first kappa shape index (κ1) is 16.5. The van der Waals surface area contributed by atoms with E-state index in [1.807, 2.05) is 6.08 Å². The van der Waals surface area contributed by atoms with Gasteiger partial charge in [0.05, 0.1) is 13.2 Å². The fourth-order valence-corrected chi connectivity index (χ4v) is 2.59. The average molecular weight is 280 g/mol. The summed E-state index contributed by atoms with van der Waals surface area (Å²) in [6, 6.07) is 0. The van der Waals surface area contributed by atoms with Crippen molar-refractivity contribution in [1.29, 1.82) is 0 Å². The zero-order chi connectivity index (χ0) is 15.0. The van der Waals surface area contributed by atoms with Gasteiger partial charge in [0.25, 0.3) is 0 Å². The van der Waals surface area contributed by atoms with Crippen LogP contribution >= 0.6 is 0 Å². The molecule has 4 nitrogen and oxygen atoms in total. The molecule has 0 saturated carbocycles. The second kappa shape index (κ2) is 7.88. The molecule has 0 unspecified atom stereocenters. The monoisotopic (exact) mass is 280 g/mol. The second-order valence-electron chi connectivity index (χ2n) is 4.81. The molecule has 1 aliphatic carbocycles. The van der Waals surface area contributed by atoms with Gasteiger partial charge in [-0.3, -0.25) is 9.59 Å². The first-order valence-corrected chi connectivity index (χ1v) is 7.28. The van der Waals surface area contributed by atoms with Crippen LogP contribution in [0.4, 0.5) is 0 Å². The Morgan fingerprint density at radius 3 is 2.25 bits per heavy atom. The van der Waals surface area contributed by atoms with Gasteiger partial charge < -0.3 is 9.47 Å². The highest BCUT2D eigenvalue weighted by Gasteiger charge is 2.50. The lowest BCUT2D eigenvalue weighted by Crippen LogP contribution is -2.44. The molecule has 0 atom stereocenters. The summed E-state index contributed by atoms with van der Waals surface area (Å²) in [7, 11) is 0. The number of hydrogen-bond acceptors (Lipinski definition) is 4. The minimum atomic E-state index is -1.34. The molecule has 0 spiro atoms. The third-order valence-electron chi connectivity index (χ3n) is 3.54. The summed E-state index contributed by atoms with van der Waals surface area (Å²) in [5.41, 5.74) is -0.519. The zero-order valence-corrected chi connectivity index (χ0v) is 12.4. The molecule has 0 heterocycles. The highest BCUT2D eigenvalue weighted by Crippen LogP contribution is 2.40. The van der Waals surface area contributed by atoms with Gasteiger partial charge in [-0.15, -0.1) is 6.58 Å². The Bertz CT molecular complexity index is 377. The van der Waals surface area contributed by atoms with E-state index in [-0.39, 0.29) is 19.6 Å². The summed E-state index contributed by atoms with van der Waals surface area (Å²) >= 11 is 0. The van der Waals surface area contributed by atoms with Crippen LogP contribution in [0.1, 0.15) is 46.0 Å². The maximum Gasteiger partial charge on any atom is 0.328 e. The van der Waals surface area contributed by atoms with Gasteiger partial charge in [-0.05, 0) is 51.5 Å². The molecule has 0 aromatic rings. The minimum absolute atomic E-state index is 0.219. The number of carbonyl (C=O) groups is 2. The van der Waals surface area contributed by atoms with E-state index in [4.69, 9.17) is 9.47 Å². The number of rotatable bonds is 7. The normalized spacial score (nSPS) is 15.2. The number of carbonyl (C=O) groups excluding carboxylic acids is 2. The van der Waals surface area contributed by atoms with E-state index in [9.17, 15) is 9.59 Å². The van der Waals surface area contributed by atoms with Crippen molar-refractivity contribution >= 4 is 11.9 Å². The Labute approximate surface area is 120 Å². The van der Waals surface area contributed by atoms with Crippen LogP contribution in [0.25, 0.3) is 0 Å². The third kappa shape index (κ3) is 3.30. The van der Waals surface area contributed by atoms with Crippen LogP contribution in [0.2, 0.25) is 0 Å². The molecule has 0 fully saturated rings. The fourth-order valence-electron chi connectivity index (χ4n) is 2.59.